The number of unbranched alkanes of at least 4 members (excludes halogenated alkanes) is 1. The molecule has 0 saturated heterocycles. The van der Waals surface area contributed by atoms with Gasteiger partial charge in [-0.3, -0.25) is 4.79 Å². The molecule has 0 heterocycles. The number of carbonyl (C=O) groups is 2. The van der Waals surface area contributed by atoms with Crippen molar-refractivity contribution < 1.29 is 30.7 Å². The molecule has 0 N–H and O–H groups in total. The molecule has 0 rings (SSSR count). The maximum atomic E-state index is 11.2. The minimum Gasteiger partial charge on any atom is -0.343 e. The zero-order chi connectivity index (χ0) is 13.9. The molecule has 0 atom stereocenters. The average Bonchev–Trinajstić information content (AvgIpc) is 2.23. The summed E-state index contributed by atoms with van der Waals surface area (Å²) in [5.41, 5.74) is 0.151. The third-order valence-corrected chi connectivity index (χ3v) is 2.11. The molecule has 18 heavy (non-hydrogen) atoms. The number of rotatable bonds is 6. The normalized spacial score (nSPS) is 9.89. The Balaban J connectivity index is -0.000000277. The fourth-order valence-electron chi connectivity index (χ4n) is 1.18. The van der Waals surface area contributed by atoms with E-state index in [4.69, 9.17) is 0 Å². The Bertz CT molecular complexity index is 211. The summed E-state index contributed by atoms with van der Waals surface area (Å²) in [6, 6.07) is 0. The summed E-state index contributed by atoms with van der Waals surface area (Å²) in [6.07, 6.45) is 4.29. The van der Waals surface area contributed by atoms with Crippen LogP contribution < -0.4 is 0 Å². The molecule has 0 amide bonds. The second kappa shape index (κ2) is 13.5. The topological polar surface area (TPSA) is 34.1 Å². The fraction of sp³-hybridized carbons (Fsp3) is 0.733. The summed E-state index contributed by atoms with van der Waals surface area (Å²) in [5.74, 6) is 0.608. The van der Waals surface area contributed by atoms with Crippen LogP contribution in [0.3, 0.4) is 0 Å². The van der Waals surface area contributed by atoms with Crippen LogP contribution >= 0.6 is 0 Å². The fourth-order valence-corrected chi connectivity index (χ4v) is 1.18. The SMILES string of the molecule is [CH2-]CC(=O)CC.[CH2-]CCCC(=O)CC(C)(C)C.[W+2]. The Morgan fingerprint density at radius 3 is 1.78 bits per heavy atom. The Morgan fingerprint density at radius 2 is 1.56 bits per heavy atom. The van der Waals surface area contributed by atoms with Crippen molar-refractivity contribution in [3.63, 3.8) is 0 Å². The Morgan fingerprint density at radius 1 is 1.06 bits per heavy atom. The Hall–Kier alpha value is 0.0283. The van der Waals surface area contributed by atoms with Crippen LogP contribution in [0.4, 0.5) is 0 Å². The van der Waals surface area contributed by atoms with Crippen molar-refractivity contribution >= 4 is 11.6 Å². The van der Waals surface area contributed by atoms with E-state index < -0.39 is 0 Å². The quantitative estimate of drug-likeness (QED) is 0.600. The first-order valence-corrected chi connectivity index (χ1v) is 6.38. The van der Waals surface area contributed by atoms with Gasteiger partial charge in [0.15, 0.2) is 0 Å². The molecule has 0 aliphatic carbocycles. The third-order valence-electron chi connectivity index (χ3n) is 2.11. The molecule has 0 saturated carbocycles. The van der Waals surface area contributed by atoms with Gasteiger partial charge in [-0.1, -0.05) is 34.1 Å². The molecule has 0 unspecified atom stereocenters. The van der Waals surface area contributed by atoms with E-state index in [-0.39, 0.29) is 32.3 Å². The Labute approximate surface area is 128 Å². The molecular formula is C15H28O2W. The van der Waals surface area contributed by atoms with Crippen LogP contribution in [0.1, 0.15) is 66.2 Å². The molecule has 0 aliphatic heterocycles. The average molecular weight is 424 g/mol. The van der Waals surface area contributed by atoms with Gasteiger partial charge in [-0.15, -0.1) is 6.42 Å². The van der Waals surface area contributed by atoms with Gasteiger partial charge in [0, 0.05) is 19.3 Å². The molecule has 0 radical (unpaired) electrons. The van der Waals surface area contributed by atoms with Crippen LogP contribution in [0.25, 0.3) is 0 Å². The molecule has 3 heteroatoms. The van der Waals surface area contributed by atoms with Gasteiger partial charge in [-0.2, -0.15) is 6.42 Å². The number of Topliss-reactive ketones (excluding diaryl/α,β-unsaturated/α-hetero) is 2. The minimum absolute atomic E-state index is 0. The summed E-state index contributed by atoms with van der Waals surface area (Å²) >= 11 is 0. The van der Waals surface area contributed by atoms with E-state index >= 15 is 0 Å². The summed E-state index contributed by atoms with van der Waals surface area (Å²) in [6.45, 7) is 15.2. The summed E-state index contributed by atoms with van der Waals surface area (Å²) in [7, 11) is 0. The van der Waals surface area contributed by atoms with Crippen LogP contribution in [-0.2, 0) is 30.7 Å². The molecule has 0 aromatic rings. The van der Waals surface area contributed by atoms with Crippen molar-refractivity contribution in [2.75, 3.05) is 0 Å². The van der Waals surface area contributed by atoms with Gasteiger partial charge in [0.2, 0.25) is 0 Å². The van der Waals surface area contributed by atoms with Gasteiger partial charge >= 0.3 is 21.1 Å². The predicted octanol–water partition coefficient (Wildman–Crippen LogP) is 4.18. The number of carbonyl (C=O) groups excluding carboxylic acids is 2. The van der Waals surface area contributed by atoms with Gasteiger partial charge in [0.25, 0.3) is 0 Å². The molecule has 2 nitrogen and oxygen atoms in total. The monoisotopic (exact) mass is 424 g/mol. The first-order chi connectivity index (χ1) is 7.76. The molecule has 0 aromatic heterocycles. The number of ketones is 2. The zero-order valence-electron chi connectivity index (χ0n) is 12.4. The van der Waals surface area contributed by atoms with Gasteiger partial charge in [0.05, 0.1) is 0 Å². The van der Waals surface area contributed by atoms with Crippen molar-refractivity contribution in [3.05, 3.63) is 13.8 Å². The van der Waals surface area contributed by atoms with Crippen molar-refractivity contribution in [2.24, 2.45) is 5.41 Å². The molecule has 0 aromatic carbocycles. The largest absolute Gasteiger partial charge is 2.00 e. The van der Waals surface area contributed by atoms with E-state index in [1.165, 1.54) is 0 Å². The third kappa shape index (κ3) is 21.3. The number of hydrogen-bond donors (Lipinski definition) is 0. The maximum absolute atomic E-state index is 11.2. The molecule has 0 aliphatic rings. The second-order valence-corrected chi connectivity index (χ2v) is 5.38. The van der Waals surface area contributed by atoms with E-state index in [0.717, 1.165) is 12.8 Å². The minimum atomic E-state index is 0. The van der Waals surface area contributed by atoms with E-state index in [1.807, 2.05) is 6.92 Å². The molecule has 0 fully saturated rings. The van der Waals surface area contributed by atoms with Crippen LogP contribution in [0, 0.1) is 19.3 Å². The summed E-state index contributed by atoms with van der Waals surface area (Å²) in [5, 5.41) is 0. The van der Waals surface area contributed by atoms with E-state index in [0.29, 0.717) is 31.5 Å². The van der Waals surface area contributed by atoms with Crippen molar-refractivity contribution in [2.45, 2.75) is 66.2 Å². The van der Waals surface area contributed by atoms with Crippen molar-refractivity contribution in [3.8, 4) is 0 Å². The summed E-state index contributed by atoms with van der Waals surface area (Å²) < 4.78 is 0. The first kappa shape index (κ1) is 23.1. The molecule has 106 valence electrons. The first-order valence-electron chi connectivity index (χ1n) is 6.38. The van der Waals surface area contributed by atoms with Gasteiger partial charge in [0.1, 0.15) is 11.6 Å². The van der Waals surface area contributed by atoms with Crippen molar-refractivity contribution in [1.82, 2.24) is 0 Å². The smallest absolute Gasteiger partial charge is 0.343 e. The van der Waals surface area contributed by atoms with Crippen molar-refractivity contribution in [1.29, 1.82) is 0 Å². The van der Waals surface area contributed by atoms with E-state index in [9.17, 15) is 9.59 Å². The maximum Gasteiger partial charge on any atom is 2.00 e. The Kier molecular flexibility index (Phi) is 17.3. The summed E-state index contributed by atoms with van der Waals surface area (Å²) in [4.78, 5) is 21.3. The molecule has 0 spiro atoms. The zero-order valence-corrected chi connectivity index (χ0v) is 15.3. The van der Waals surface area contributed by atoms with Crippen LogP contribution in [0.2, 0.25) is 0 Å². The van der Waals surface area contributed by atoms with Crippen LogP contribution in [0.15, 0.2) is 0 Å². The van der Waals surface area contributed by atoms with Crippen LogP contribution in [-0.4, -0.2) is 11.6 Å². The molecular weight excluding hydrogens is 396 g/mol. The molecule has 0 bridgehead atoms. The van der Waals surface area contributed by atoms with E-state index in [2.05, 4.69) is 34.6 Å². The van der Waals surface area contributed by atoms with E-state index in [1.54, 1.807) is 0 Å². The second-order valence-electron chi connectivity index (χ2n) is 5.38. The van der Waals surface area contributed by atoms with Gasteiger partial charge in [-0.05, 0) is 5.41 Å². The van der Waals surface area contributed by atoms with Crippen LogP contribution in [0.5, 0.6) is 0 Å². The predicted molar refractivity (Wildman–Crippen MR) is 73.6 cm³/mol. The van der Waals surface area contributed by atoms with Gasteiger partial charge in [-0.25, -0.2) is 0 Å². The number of hydrogen-bond acceptors (Lipinski definition) is 2. The standard InChI is InChI=1S/C10H19O.C5H9O.W/c1-5-6-7-9(11)8-10(2,3)4;1-3-5(6)4-2;/h1,5-8H2,2-4H3;1,3-4H2,2H3;/q2*-1;+2. The van der Waals surface area contributed by atoms with Gasteiger partial charge < -0.3 is 18.6 Å².